The van der Waals surface area contributed by atoms with Crippen molar-refractivity contribution in [3.05, 3.63) is 150 Å². The van der Waals surface area contributed by atoms with E-state index in [0.29, 0.717) is 0 Å². The van der Waals surface area contributed by atoms with E-state index in [1.165, 1.54) is 65.8 Å². The van der Waals surface area contributed by atoms with Crippen molar-refractivity contribution in [2.24, 2.45) is 4.99 Å². The van der Waals surface area contributed by atoms with Gasteiger partial charge in [0.05, 0.1) is 31.1 Å². The maximum atomic E-state index is 5.18. The second-order valence-electron chi connectivity index (χ2n) is 12.2. The molecule has 3 aliphatic carbocycles. The van der Waals surface area contributed by atoms with E-state index in [0.717, 1.165) is 11.4 Å². The van der Waals surface area contributed by atoms with Crippen molar-refractivity contribution in [2.45, 2.75) is 25.3 Å². The molecular weight excluding hydrogens is 527 g/mol. The molecule has 1 unspecified atom stereocenters. The number of rotatable bonds is 3. The number of nitrogens with one attached hydrogen (secondary N) is 1. The lowest BCUT2D eigenvalue weighted by Gasteiger charge is -2.26. The summed E-state index contributed by atoms with van der Waals surface area (Å²) in [5, 5.41) is 10.8. The molecule has 1 heterocycles. The predicted molar refractivity (Wildman–Crippen MR) is 181 cm³/mol. The maximum absolute atomic E-state index is 5.18. The van der Waals surface area contributed by atoms with E-state index in [1.807, 2.05) is 0 Å². The quantitative estimate of drug-likeness (QED) is 0.231. The Morgan fingerprint density at radius 3 is 2.21 bits per heavy atom. The van der Waals surface area contributed by atoms with Gasteiger partial charge < -0.3 is 5.32 Å². The molecule has 1 aliphatic heterocycles. The van der Waals surface area contributed by atoms with Crippen LogP contribution in [0.25, 0.3) is 33.3 Å². The third-order valence-electron chi connectivity index (χ3n) is 9.51. The van der Waals surface area contributed by atoms with Gasteiger partial charge in [0.1, 0.15) is 15.9 Å². The Morgan fingerprint density at radius 1 is 0.690 bits per heavy atom. The average molecular weight is 558 g/mol. The summed E-state index contributed by atoms with van der Waals surface area (Å²) in [6.45, 7) is 4.82. The zero-order valence-electron chi connectivity index (χ0n) is 23.6. The summed E-state index contributed by atoms with van der Waals surface area (Å²) in [6, 6.07) is 38.9. The first-order chi connectivity index (χ1) is 20.6. The Hall–Kier alpha value is -4.52. The smallest absolute Gasteiger partial charge is 0.102 e. The van der Waals surface area contributed by atoms with E-state index in [1.54, 1.807) is 0 Å². The fourth-order valence-corrected chi connectivity index (χ4v) is 10.1. The molecule has 0 bridgehead atoms. The van der Waals surface area contributed by atoms with E-state index in [4.69, 9.17) is 4.99 Å². The number of benzene rings is 5. The van der Waals surface area contributed by atoms with Gasteiger partial charge in [-0.05, 0) is 76.2 Å². The van der Waals surface area contributed by atoms with Crippen LogP contribution in [0.15, 0.2) is 132 Å². The number of hydrogen-bond acceptors (Lipinski definition) is 2. The molecule has 0 aromatic heterocycles. The second kappa shape index (κ2) is 8.74. The first-order valence-electron chi connectivity index (χ1n) is 14.8. The summed E-state index contributed by atoms with van der Waals surface area (Å²) in [5.41, 5.74) is 11.3. The van der Waals surface area contributed by atoms with Crippen molar-refractivity contribution in [3.8, 4) is 11.1 Å². The van der Waals surface area contributed by atoms with Gasteiger partial charge in [0.15, 0.2) is 0 Å². The lowest BCUT2D eigenvalue weighted by atomic mass is 9.81. The first-order valence-corrected chi connectivity index (χ1v) is 16.3. The summed E-state index contributed by atoms with van der Waals surface area (Å²) < 4.78 is 0. The predicted octanol–water partition coefficient (Wildman–Crippen LogP) is 7.31. The topological polar surface area (TPSA) is 24.4 Å². The Bertz CT molecular complexity index is 2040. The van der Waals surface area contributed by atoms with Crippen molar-refractivity contribution >= 4 is 51.7 Å². The van der Waals surface area contributed by atoms with E-state index in [-0.39, 0.29) is 11.5 Å². The van der Waals surface area contributed by atoms with Gasteiger partial charge in [-0.1, -0.05) is 92.7 Å². The summed E-state index contributed by atoms with van der Waals surface area (Å²) in [5.74, 6) is 0. The van der Waals surface area contributed by atoms with Gasteiger partial charge in [-0.25, -0.2) is 4.99 Å². The second-order valence-corrected chi connectivity index (χ2v) is 14.7. The third-order valence-corrected chi connectivity index (χ3v) is 12.2. The van der Waals surface area contributed by atoms with Gasteiger partial charge in [-0.2, -0.15) is 0 Å². The summed E-state index contributed by atoms with van der Waals surface area (Å²) >= 11 is 0. The van der Waals surface area contributed by atoms with E-state index >= 15 is 0 Å². The Kier molecular flexibility index (Phi) is 5.02. The highest BCUT2D eigenvalue weighted by molar-refractivity contribution is 7.79. The van der Waals surface area contributed by atoms with Gasteiger partial charge >= 0.3 is 0 Å². The highest BCUT2D eigenvalue weighted by Crippen LogP contribution is 2.56. The lowest BCUT2D eigenvalue weighted by molar-refractivity contribution is 0.661. The molecule has 2 nitrogen and oxygen atoms in total. The van der Waals surface area contributed by atoms with Crippen LogP contribution in [0.4, 0.5) is 0 Å². The first kappa shape index (κ1) is 24.1. The van der Waals surface area contributed by atoms with Crippen molar-refractivity contribution in [1.29, 1.82) is 0 Å². The Balaban J connectivity index is 1.24. The molecule has 0 saturated heterocycles. The van der Waals surface area contributed by atoms with Gasteiger partial charge in [-0.3, -0.25) is 0 Å². The summed E-state index contributed by atoms with van der Waals surface area (Å²) in [7, 11) is -1.15. The van der Waals surface area contributed by atoms with Crippen molar-refractivity contribution in [2.75, 3.05) is 0 Å². The average Bonchev–Trinajstić information content (AvgIpc) is 3.46. The third kappa shape index (κ3) is 3.28. The molecule has 1 atom stereocenters. The maximum Gasteiger partial charge on any atom is 0.102 e. The van der Waals surface area contributed by atoms with Crippen LogP contribution in [-0.2, 0) is 5.41 Å². The molecule has 0 saturated carbocycles. The van der Waals surface area contributed by atoms with Crippen molar-refractivity contribution in [1.82, 2.24) is 5.32 Å². The van der Waals surface area contributed by atoms with Gasteiger partial charge in [-0.15, -0.1) is 0 Å². The molecule has 0 spiro atoms. The summed E-state index contributed by atoms with van der Waals surface area (Å²) in [6.07, 6.45) is 8.52. The normalized spacial score (nSPS) is 18.5. The van der Waals surface area contributed by atoms with Gasteiger partial charge in [0.2, 0.25) is 0 Å². The van der Waals surface area contributed by atoms with Crippen LogP contribution in [0.2, 0.25) is 0 Å². The number of hydrogen-bond donors (Lipinski definition) is 1. The molecule has 0 fully saturated rings. The highest BCUT2D eigenvalue weighted by atomic mass is 31.1. The van der Waals surface area contributed by atoms with Crippen LogP contribution in [0, 0.1) is 0 Å². The zero-order valence-corrected chi connectivity index (χ0v) is 24.6. The van der Waals surface area contributed by atoms with Crippen LogP contribution in [-0.4, -0.2) is 11.8 Å². The van der Waals surface area contributed by atoms with Crippen molar-refractivity contribution < 1.29 is 0 Å². The van der Waals surface area contributed by atoms with Gasteiger partial charge in [0, 0.05) is 21.9 Å². The molecule has 1 N–H and O–H groups in total. The zero-order chi connectivity index (χ0) is 28.0. The van der Waals surface area contributed by atoms with Crippen LogP contribution < -0.4 is 21.2 Å². The molecule has 0 amide bonds. The molecule has 5 aromatic carbocycles. The molecule has 42 heavy (non-hydrogen) atoms. The van der Waals surface area contributed by atoms with Crippen molar-refractivity contribution in [3.63, 3.8) is 0 Å². The molecule has 0 radical (unpaired) electrons. The van der Waals surface area contributed by atoms with Gasteiger partial charge in [0.25, 0.3) is 0 Å². The largest absolute Gasteiger partial charge is 0.371 e. The lowest BCUT2D eigenvalue weighted by Crippen LogP contribution is -2.36. The number of aliphatic imine (C=N–C) groups is 1. The number of nitrogens with zero attached hydrogens (tertiary/aromatic N) is 1. The minimum absolute atomic E-state index is 0.121. The van der Waals surface area contributed by atoms with Crippen LogP contribution in [0.1, 0.15) is 36.1 Å². The van der Waals surface area contributed by atoms with E-state index < -0.39 is 7.92 Å². The Morgan fingerprint density at radius 2 is 1.45 bits per heavy atom. The fourth-order valence-electron chi connectivity index (χ4n) is 7.52. The monoisotopic (exact) mass is 557 g/mol. The molecule has 5 aromatic rings. The minimum Gasteiger partial charge on any atom is -0.371 e. The van der Waals surface area contributed by atoms with E-state index in [2.05, 4.69) is 147 Å². The molecule has 200 valence electrons. The summed E-state index contributed by atoms with van der Waals surface area (Å²) in [4.78, 5) is 5.18. The molecule has 4 aliphatic rings. The van der Waals surface area contributed by atoms with Crippen LogP contribution >= 0.6 is 7.92 Å². The number of allylic oxidation sites excluding steroid dienone is 2. The SMILES string of the molecule is CC1(C)c2cc([PH+](c3ccccc3)c3ccccc3)ccc2-c2c1cc1c3c(cccc23)C2=C1NC1C=CC=CC1=N2. The van der Waals surface area contributed by atoms with Crippen LogP contribution in [0.5, 0.6) is 0 Å². The minimum atomic E-state index is -1.15. The Labute approximate surface area is 247 Å². The molecular formula is C39H30N2P+. The molecule has 3 heteroatoms. The van der Waals surface area contributed by atoms with E-state index in [9.17, 15) is 0 Å². The standard InChI is InChI=1S/C39H29N2P/c1-39(2)31-22-26(42(24-12-5-3-6-13-24)25-14-7-4-8-15-25)20-21-27(31)36-28-16-11-17-29-35(28)30(23-32(36)39)38-37(29)40-33-18-9-10-19-34(33)41-38/h3-23,34,41H,1-2H3/p+1. The van der Waals surface area contributed by atoms with Crippen LogP contribution in [0.3, 0.4) is 0 Å². The fraction of sp³-hybridized carbons (Fsp3) is 0.103. The highest BCUT2D eigenvalue weighted by Gasteiger charge is 2.41. The molecule has 9 rings (SSSR count). The number of fused-ring (bicyclic) bond motifs is 7.